The molecular weight excluding hydrogens is 642 g/mol. The first kappa shape index (κ1) is 33.3. The third-order valence-corrected chi connectivity index (χ3v) is 9.96. The van der Waals surface area contributed by atoms with Crippen LogP contribution >= 0.6 is 15.9 Å². The topological polar surface area (TPSA) is 125 Å². The fourth-order valence-corrected chi connectivity index (χ4v) is 7.94. The second-order valence-corrected chi connectivity index (χ2v) is 13.8. The molecule has 0 saturated carbocycles. The molecule has 1 aromatic rings. The second kappa shape index (κ2) is 14.2. The Balaban J connectivity index is 1.61. The number of hydrogen-bond donors (Lipinski definition) is 2. The lowest BCUT2D eigenvalue weighted by molar-refractivity contribution is -0.151. The molecule has 2 fully saturated rings. The maximum absolute atomic E-state index is 14.7. The van der Waals surface area contributed by atoms with E-state index in [0.717, 1.165) is 18.4 Å². The molecule has 2 N–H and O–H groups in total. The number of halogens is 1. The molecule has 4 aliphatic rings. The van der Waals surface area contributed by atoms with Crippen LogP contribution < -0.4 is 5.32 Å². The van der Waals surface area contributed by atoms with E-state index < -0.39 is 53.5 Å². The Morgan fingerprint density at radius 3 is 2.56 bits per heavy atom. The van der Waals surface area contributed by atoms with E-state index in [4.69, 9.17) is 9.47 Å². The number of carbonyl (C=O) groups is 4. The molecule has 11 heteroatoms. The Bertz CT molecular complexity index is 1330. The van der Waals surface area contributed by atoms with Gasteiger partial charge in [0.25, 0.3) is 0 Å². The third-order valence-electron chi connectivity index (χ3n) is 9.28. The molecule has 0 aromatic heterocycles. The Morgan fingerprint density at radius 1 is 1.11 bits per heavy atom. The molecule has 10 nitrogen and oxygen atoms in total. The number of allylic oxidation sites excluding steroid dienone is 1. The SMILES string of the molecule is CCCCN1C/C=C\CCC(=O)OC[C@H](c2ccccc2)NC(=O)[C@H]2[C@@H]3O[C@@]4(C=C3Br)[C@@H]2C(=O)N([C@@H](CO)CC(C)C)[C@@H]4C1=O. The fraction of sp³-hybridized carbons (Fsp3) is 0.588. The lowest BCUT2D eigenvalue weighted by Crippen LogP contribution is -2.58. The van der Waals surface area contributed by atoms with Gasteiger partial charge in [-0.1, -0.05) is 85.6 Å². The highest BCUT2D eigenvalue weighted by atomic mass is 79.9. The molecule has 5 rings (SSSR count). The highest BCUT2D eigenvalue weighted by Gasteiger charge is 2.75. The van der Waals surface area contributed by atoms with Gasteiger partial charge in [-0.05, 0) is 36.8 Å². The number of esters is 1. The van der Waals surface area contributed by atoms with E-state index in [1.54, 1.807) is 11.0 Å². The van der Waals surface area contributed by atoms with E-state index in [-0.39, 0.29) is 43.9 Å². The summed E-state index contributed by atoms with van der Waals surface area (Å²) in [6.07, 6.45) is 7.46. The van der Waals surface area contributed by atoms with Crippen molar-refractivity contribution >= 4 is 39.6 Å². The van der Waals surface area contributed by atoms with Crippen LogP contribution in [0.5, 0.6) is 0 Å². The number of benzene rings is 1. The van der Waals surface area contributed by atoms with E-state index in [1.165, 1.54) is 4.90 Å². The molecule has 3 amide bonds. The monoisotopic (exact) mass is 685 g/mol. The van der Waals surface area contributed by atoms with E-state index in [2.05, 4.69) is 21.2 Å². The highest BCUT2D eigenvalue weighted by Crippen LogP contribution is 2.59. The number of aliphatic hydroxyl groups is 1. The van der Waals surface area contributed by atoms with Crippen molar-refractivity contribution < 1.29 is 33.8 Å². The van der Waals surface area contributed by atoms with Crippen LogP contribution in [0.25, 0.3) is 0 Å². The Kier molecular flexibility index (Phi) is 10.5. The van der Waals surface area contributed by atoms with Crippen LogP contribution in [0.4, 0.5) is 0 Å². The van der Waals surface area contributed by atoms with Crippen molar-refractivity contribution in [2.45, 2.75) is 82.7 Å². The first-order valence-corrected chi connectivity index (χ1v) is 16.9. The molecule has 1 spiro atoms. The number of carbonyl (C=O) groups excluding carboxylic acids is 4. The first-order chi connectivity index (χ1) is 21.6. The normalized spacial score (nSPS) is 32.0. The number of hydrogen-bond acceptors (Lipinski definition) is 7. The van der Waals surface area contributed by atoms with Gasteiger partial charge in [-0.15, -0.1) is 0 Å². The summed E-state index contributed by atoms with van der Waals surface area (Å²) in [7, 11) is 0. The summed E-state index contributed by atoms with van der Waals surface area (Å²) < 4.78 is 12.8. The average Bonchev–Trinajstić information content (AvgIpc) is 3.62. The van der Waals surface area contributed by atoms with Gasteiger partial charge in [-0.2, -0.15) is 0 Å². The summed E-state index contributed by atoms with van der Waals surface area (Å²) in [5, 5.41) is 13.6. The number of cyclic esters (lactones) is 1. The predicted molar refractivity (Wildman–Crippen MR) is 171 cm³/mol. The van der Waals surface area contributed by atoms with Crippen molar-refractivity contribution in [2.24, 2.45) is 17.8 Å². The van der Waals surface area contributed by atoms with Gasteiger partial charge in [-0.3, -0.25) is 19.2 Å². The first-order valence-electron chi connectivity index (χ1n) is 16.1. The van der Waals surface area contributed by atoms with Gasteiger partial charge >= 0.3 is 5.97 Å². The summed E-state index contributed by atoms with van der Waals surface area (Å²) >= 11 is 3.61. The van der Waals surface area contributed by atoms with E-state index in [0.29, 0.717) is 23.9 Å². The van der Waals surface area contributed by atoms with Crippen molar-refractivity contribution in [1.82, 2.24) is 15.1 Å². The largest absolute Gasteiger partial charge is 0.463 e. The molecular formula is C34H44BrN3O7. The van der Waals surface area contributed by atoms with Gasteiger partial charge in [-0.25, -0.2) is 0 Å². The maximum atomic E-state index is 14.7. The van der Waals surface area contributed by atoms with Crippen molar-refractivity contribution in [1.29, 1.82) is 0 Å². The minimum atomic E-state index is -1.39. The molecule has 7 atom stereocenters. The van der Waals surface area contributed by atoms with Crippen LogP contribution in [0.2, 0.25) is 0 Å². The van der Waals surface area contributed by atoms with Crippen LogP contribution in [-0.2, 0) is 28.7 Å². The fourth-order valence-electron chi connectivity index (χ4n) is 7.21. The maximum Gasteiger partial charge on any atom is 0.306 e. The Morgan fingerprint density at radius 2 is 1.87 bits per heavy atom. The molecule has 0 aliphatic carbocycles. The summed E-state index contributed by atoms with van der Waals surface area (Å²) in [5.74, 6) is -3.26. The number of nitrogens with zero attached hydrogens (tertiary/aromatic N) is 2. The van der Waals surface area contributed by atoms with Gasteiger partial charge < -0.3 is 29.7 Å². The van der Waals surface area contributed by atoms with Gasteiger partial charge in [0.15, 0.2) is 0 Å². The average molecular weight is 687 g/mol. The smallest absolute Gasteiger partial charge is 0.306 e. The van der Waals surface area contributed by atoms with Crippen LogP contribution in [0, 0.1) is 17.8 Å². The zero-order valence-electron chi connectivity index (χ0n) is 26.2. The molecule has 1 aromatic carbocycles. The quantitative estimate of drug-likeness (QED) is 0.316. The van der Waals surface area contributed by atoms with E-state index in [9.17, 15) is 24.3 Å². The summed E-state index contributed by atoms with van der Waals surface area (Å²) in [6.45, 7) is 6.42. The number of fused-ring (bicyclic) bond motifs is 2. The van der Waals surface area contributed by atoms with Gasteiger partial charge in [0.2, 0.25) is 17.7 Å². The minimum absolute atomic E-state index is 0.0731. The number of unbranched alkanes of at least 4 members (excludes halogenated alkanes) is 1. The van der Waals surface area contributed by atoms with Crippen molar-refractivity contribution in [3.63, 3.8) is 0 Å². The van der Waals surface area contributed by atoms with Gasteiger partial charge in [0.05, 0.1) is 30.5 Å². The second-order valence-electron chi connectivity index (χ2n) is 12.8. The number of ether oxygens (including phenoxy) is 2. The highest BCUT2D eigenvalue weighted by molar-refractivity contribution is 9.11. The molecule has 2 saturated heterocycles. The van der Waals surface area contributed by atoms with Gasteiger partial charge in [0.1, 0.15) is 24.4 Å². The molecule has 0 unspecified atom stereocenters. The van der Waals surface area contributed by atoms with Gasteiger partial charge in [0, 0.05) is 24.0 Å². The standard InChI is InChI=1S/C34H44BrN3O7/c1-4-5-15-37-16-11-7-10-14-26(40)44-20-25(22-12-8-6-9-13-22)36-31(41)27-28-32(42)38(23(19-39)17-21(2)3)30(33(37)43)34(28)18-24(35)29(27)45-34/h6-9,11-13,18,21,23,25,27-30,39H,4-5,10,14-17,19-20H2,1-3H3,(H,36,41)/b11-7-/t23-,25-,27-,28+,29-,30-,34+/m1/s1. The minimum Gasteiger partial charge on any atom is -0.463 e. The number of rotatable bonds is 8. The zero-order chi connectivity index (χ0) is 32.3. The number of nitrogens with one attached hydrogen (secondary N) is 1. The number of aliphatic hydroxyl groups excluding tert-OH is 1. The molecule has 4 aliphatic heterocycles. The van der Waals surface area contributed by atoms with Crippen LogP contribution in [-0.4, -0.2) is 88.7 Å². The van der Waals surface area contributed by atoms with Crippen LogP contribution in [0.15, 0.2) is 53.0 Å². The molecule has 5 bridgehead atoms. The Hall–Kier alpha value is -3.02. The number of amides is 3. The molecule has 4 heterocycles. The van der Waals surface area contributed by atoms with Crippen molar-refractivity contribution in [3.05, 3.63) is 58.6 Å². The third kappa shape index (κ3) is 6.49. The molecule has 45 heavy (non-hydrogen) atoms. The summed E-state index contributed by atoms with van der Waals surface area (Å²) in [5.41, 5.74) is -0.637. The Labute approximate surface area is 273 Å². The molecule has 244 valence electrons. The summed E-state index contributed by atoms with van der Waals surface area (Å²) in [4.78, 5) is 59.4. The lowest BCUT2D eigenvalue weighted by Gasteiger charge is -2.39. The van der Waals surface area contributed by atoms with Crippen LogP contribution in [0.1, 0.15) is 64.5 Å². The summed E-state index contributed by atoms with van der Waals surface area (Å²) in [6, 6.07) is 6.89. The van der Waals surface area contributed by atoms with E-state index >= 15 is 0 Å². The number of likely N-dealkylation sites (tertiary alicyclic amines) is 1. The molecule has 0 radical (unpaired) electrons. The van der Waals surface area contributed by atoms with Crippen molar-refractivity contribution in [3.8, 4) is 0 Å². The lowest BCUT2D eigenvalue weighted by atomic mass is 9.74. The van der Waals surface area contributed by atoms with Crippen molar-refractivity contribution in [2.75, 3.05) is 26.3 Å². The predicted octanol–water partition coefficient (Wildman–Crippen LogP) is 3.65. The van der Waals surface area contributed by atoms with Crippen LogP contribution in [0.3, 0.4) is 0 Å². The zero-order valence-corrected chi connectivity index (χ0v) is 27.8. The van der Waals surface area contributed by atoms with E-state index in [1.807, 2.05) is 63.3 Å².